The fourth-order valence-electron chi connectivity index (χ4n) is 2.35. The Kier molecular flexibility index (Phi) is 4.60. The lowest BCUT2D eigenvalue weighted by molar-refractivity contribution is 0.0921. The van der Waals surface area contributed by atoms with Gasteiger partial charge >= 0.3 is 0 Å². The molecule has 142 valence electrons. The van der Waals surface area contributed by atoms with Crippen LogP contribution >= 0.6 is 0 Å². The number of pyridine rings is 1. The quantitative estimate of drug-likeness (QED) is 0.623. The Morgan fingerprint density at radius 2 is 1.89 bits per heavy atom. The molecule has 9 nitrogen and oxygen atoms in total. The topological polar surface area (TPSA) is 130 Å². The van der Waals surface area contributed by atoms with Crippen molar-refractivity contribution in [3.8, 4) is 0 Å². The van der Waals surface area contributed by atoms with Gasteiger partial charge in [-0.3, -0.25) is 4.79 Å². The van der Waals surface area contributed by atoms with E-state index in [1.807, 2.05) is 20.8 Å². The number of sulfone groups is 1. The molecule has 1 amide bonds. The van der Waals surface area contributed by atoms with Crippen LogP contribution in [0, 0.1) is 0 Å². The van der Waals surface area contributed by atoms with Crippen molar-refractivity contribution in [1.29, 1.82) is 0 Å². The van der Waals surface area contributed by atoms with Gasteiger partial charge in [0.25, 0.3) is 5.91 Å². The molecule has 3 N–H and O–H groups in total. The number of hydrogen-bond donors (Lipinski definition) is 3. The van der Waals surface area contributed by atoms with Crippen LogP contribution in [-0.2, 0) is 9.84 Å². The molecule has 0 spiro atoms. The second kappa shape index (κ2) is 6.62. The van der Waals surface area contributed by atoms with Crippen LogP contribution in [0.2, 0.25) is 0 Å². The average Bonchev–Trinajstić information content (AvgIpc) is 2.96. The monoisotopic (exact) mass is 388 g/mol. The van der Waals surface area contributed by atoms with E-state index in [1.54, 1.807) is 12.3 Å². The van der Waals surface area contributed by atoms with Crippen molar-refractivity contribution in [2.75, 3.05) is 11.6 Å². The van der Waals surface area contributed by atoms with Gasteiger partial charge < -0.3 is 15.6 Å². The molecule has 3 aromatic heterocycles. The first-order valence-corrected chi connectivity index (χ1v) is 10.0. The van der Waals surface area contributed by atoms with E-state index < -0.39 is 9.84 Å². The van der Waals surface area contributed by atoms with E-state index in [1.165, 1.54) is 18.5 Å². The molecule has 0 aliphatic heterocycles. The molecule has 10 heteroatoms. The van der Waals surface area contributed by atoms with Crippen molar-refractivity contribution in [2.45, 2.75) is 31.3 Å². The second-order valence-electron chi connectivity index (χ2n) is 7.14. The molecule has 0 saturated carbocycles. The Morgan fingerprint density at radius 1 is 1.15 bits per heavy atom. The molecule has 0 aliphatic carbocycles. The molecular formula is C17H20N6O3S. The first-order valence-electron chi connectivity index (χ1n) is 8.13. The van der Waals surface area contributed by atoms with Crippen LogP contribution in [-0.4, -0.2) is 46.1 Å². The van der Waals surface area contributed by atoms with E-state index in [2.05, 4.69) is 30.6 Å². The van der Waals surface area contributed by atoms with Crippen molar-refractivity contribution in [3.63, 3.8) is 0 Å². The molecule has 0 saturated heterocycles. The maximum absolute atomic E-state index is 12.5. The summed E-state index contributed by atoms with van der Waals surface area (Å²) in [5, 5.41) is 5.88. The van der Waals surface area contributed by atoms with Crippen molar-refractivity contribution < 1.29 is 13.2 Å². The van der Waals surface area contributed by atoms with Gasteiger partial charge in [0.1, 0.15) is 11.3 Å². The van der Waals surface area contributed by atoms with Crippen molar-refractivity contribution >= 4 is 38.4 Å². The summed E-state index contributed by atoms with van der Waals surface area (Å²) in [6, 6.07) is 2.99. The standard InChI is InChI=1S/C17H20N6O3S/c1-17(2,3)23-16(24)11-8-19-15-14(11)22-12(9-20-15)21-10-5-6-13(18-7-10)27(4,25)26/h5-9H,1-4H3,(H,19,20)(H,21,22)(H,23,24). The smallest absolute Gasteiger partial charge is 0.255 e. The van der Waals surface area contributed by atoms with Gasteiger partial charge in [0.05, 0.1) is 23.6 Å². The predicted octanol–water partition coefficient (Wildman–Crippen LogP) is 2.03. The molecule has 27 heavy (non-hydrogen) atoms. The fraction of sp³-hybridized carbons (Fsp3) is 0.294. The predicted molar refractivity (Wildman–Crippen MR) is 102 cm³/mol. The Labute approximate surface area is 156 Å². The van der Waals surface area contributed by atoms with Crippen LogP contribution in [0.3, 0.4) is 0 Å². The van der Waals surface area contributed by atoms with E-state index in [0.29, 0.717) is 28.2 Å². The van der Waals surface area contributed by atoms with Crippen molar-refractivity contribution in [2.24, 2.45) is 0 Å². The molecule has 0 unspecified atom stereocenters. The Morgan fingerprint density at radius 3 is 2.48 bits per heavy atom. The average molecular weight is 388 g/mol. The molecule has 0 radical (unpaired) electrons. The summed E-state index contributed by atoms with van der Waals surface area (Å²) in [6.45, 7) is 5.68. The SMILES string of the molecule is CC(C)(C)NC(=O)c1c[nH]c2ncc(Nc3ccc(S(C)(=O)=O)nc3)nc12. The summed E-state index contributed by atoms with van der Waals surface area (Å²) in [4.78, 5) is 28.0. The van der Waals surface area contributed by atoms with Gasteiger partial charge in [-0.15, -0.1) is 0 Å². The fourth-order valence-corrected chi connectivity index (χ4v) is 2.91. The van der Waals surface area contributed by atoms with Crippen LogP contribution in [0.4, 0.5) is 11.5 Å². The molecule has 0 atom stereocenters. The summed E-state index contributed by atoms with van der Waals surface area (Å²) in [7, 11) is -3.36. The zero-order chi connectivity index (χ0) is 19.8. The van der Waals surface area contributed by atoms with Gasteiger partial charge in [0.15, 0.2) is 20.5 Å². The number of amides is 1. The van der Waals surface area contributed by atoms with Gasteiger partial charge in [-0.2, -0.15) is 0 Å². The highest BCUT2D eigenvalue weighted by atomic mass is 32.2. The molecule has 3 rings (SSSR count). The minimum Gasteiger partial charge on any atom is -0.347 e. The van der Waals surface area contributed by atoms with Gasteiger partial charge in [0, 0.05) is 18.0 Å². The number of carbonyl (C=O) groups excluding carboxylic acids is 1. The Bertz CT molecular complexity index is 1100. The van der Waals surface area contributed by atoms with Gasteiger partial charge in [-0.1, -0.05) is 0 Å². The van der Waals surface area contributed by atoms with Gasteiger partial charge in [-0.05, 0) is 32.9 Å². The summed E-state index contributed by atoms with van der Waals surface area (Å²) < 4.78 is 22.9. The number of hydrogen-bond acceptors (Lipinski definition) is 7. The van der Waals surface area contributed by atoms with Crippen molar-refractivity contribution in [1.82, 2.24) is 25.3 Å². The maximum Gasteiger partial charge on any atom is 0.255 e. The lowest BCUT2D eigenvalue weighted by Crippen LogP contribution is -2.40. The number of carbonyl (C=O) groups is 1. The van der Waals surface area contributed by atoms with Crippen LogP contribution < -0.4 is 10.6 Å². The lowest BCUT2D eigenvalue weighted by Gasteiger charge is -2.20. The number of rotatable bonds is 4. The van der Waals surface area contributed by atoms with Gasteiger partial charge in [0.2, 0.25) is 0 Å². The molecule has 0 aromatic carbocycles. The van der Waals surface area contributed by atoms with Crippen LogP contribution in [0.5, 0.6) is 0 Å². The van der Waals surface area contributed by atoms with Crippen LogP contribution in [0.1, 0.15) is 31.1 Å². The molecule has 0 fully saturated rings. The first kappa shape index (κ1) is 18.8. The van der Waals surface area contributed by atoms with Crippen molar-refractivity contribution in [3.05, 3.63) is 36.3 Å². The molecule has 0 bridgehead atoms. The van der Waals surface area contributed by atoms with Crippen LogP contribution in [0.25, 0.3) is 11.2 Å². The third-order valence-corrected chi connectivity index (χ3v) is 4.50. The summed E-state index contributed by atoms with van der Waals surface area (Å²) >= 11 is 0. The molecule has 3 aromatic rings. The zero-order valence-electron chi connectivity index (χ0n) is 15.4. The second-order valence-corrected chi connectivity index (χ2v) is 9.10. The number of anilines is 2. The number of nitrogens with one attached hydrogen (secondary N) is 3. The van der Waals surface area contributed by atoms with Crippen LogP contribution in [0.15, 0.2) is 35.7 Å². The highest BCUT2D eigenvalue weighted by Gasteiger charge is 2.20. The third-order valence-electron chi connectivity index (χ3n) is 3.50. The van der Waals surface area contributed by atoms with E-state index in [-0.39, 0.29) is 16.5 Å². The number of H-pyrrole nitrogens is 1. The highest BCUT2D eigenvalue weighted by molar-refractivity contribution is 7.90. The summed E-state index contributed by atoms with van der Waals surface area (Å²) in [5.74, 6) is 0.153. The lowest BCUT2D eigenvalue weighted by atomic mass is 10.1. The normalized spacial score (nSPS) is 12.1. The minimum absolute atomic E-state index is 0.0126. The molecule has 3 heterocycles. The van der Waals surface area contributed by atoms with E-state index in [0.717, 1.165) is 6.26 Å². The number of fused-ring (bicyclic) bond motifs is 1. The summed E-state index contributed by atoms with van der Waals surface area (Å²) in [6.07, 6.45) is 5.57. The minimum atomic E-state index is -3.36. The van der Waals surface area contributed by atoms with E-state index in [9.17, 15) is 13.2 Å². The number of nitrogens with zero attached hydrogens (tertiary/aromatic N) is 3. The van der Waals surface area contributed by atoms with E-state index >= 15 is 0 Å². The Hall–Kier alpha value is -3.01. The summed E-state index contributed by atoms with van der Waals surface area (Å²) in [5.41, 5.74) is 1.48. The highest BCUT2D eigenvalue weighted by Crippen LogP contribution is 2.20. The number of aromatic amines is 1. The Balaban J connectivity index is 1.88. The molecule has 0 aliphatic rings. The first-order chi connectivity index (χ1) is 12.5. The largest absolute Gasteiger partial charge is 0.347 e. The van der Waals surface area contributed by atoms with Gasteiger partial charge in [-0.25, -0.2) is 23.4 Å². The van der Waals surface area contributed by atoms with E-state index in [4.69, 9.17) is 0 Å². The maximum atomic E-state index is 12.5. The molecular weight excluding hydrogens is 368 g/mol. The number of aromatic nitrogens is 4. The third kappa shape index (κ3) is 4.40. The zero-order valence-corrected chi connectivity index (χ0v) is 16.2.